The van der Waals surface area contributed by atoms with E-state index in [2.05, 4.69) is 0 Å². The van der Waals surface area contributed by atoms with Gasteiger partial charge in [-0.25, -0.2) is 0 Å². The van der Waals surface area contributed by atoms with Gasteiger partial charge in [-0.1, -0.05) is 0 Å². The van der Waals surface area contributed by atoms with Gasteiger partial charge in [0.15, 0.2) is 23.0 Å². The molecule has 5 rings (SSSR count). The van der Waals surface area contributed by atoms with Crippen LogP contribution in [-0.2, 0) is 9.53 Å². The SMILES string of the molecule is COc1cc(C2c3cc4c(cc3[C@H](O)[C@H]3COC(=O)C23)OCO4)cc(OC)c1OC. The summed E-state index contributed by atoms with van der Waals surface area (Å²) in [5.41, 5.74) is 2.30. The molecule has 2 aromatic carbocycles. The molecule has 158 valence electrons. The number of hydrogen-bond acceptors (Lipinski definition) is 8. The first kappa shape index (κ1) is 18.9. The largest absolute Gasteiger partial charge is 0.493 e. The van der Waals surface area contributed by atoms with Gasteiger partial charge in [-0.15, -0.1) is 0 Å². The second-order valence-corrected chi connectivity index (χ2v) is 7.54. The van der Waals surface area contributed by atoms with Crippen LogP contribution in [0.4, 0.5) is 0 Å². The molecule has 0 amide bonds. The molecule has 3 aliphatic rings. The summed E-state index contributed by atoms with van der Waals surface area (Å²) in [4.78, 5) is 12.7. The number of hydrogen-bond donors (Lipinski definition) is 1. The number of methoxy groups -OCH3 is 3. The maximum atomic E-state index is 12.7. The lowest BCUT2D eigenvalue weighted by Gasteiger charge is -2.37. The Bertz CT molecular complexity index is 991. The number of carbonyl (C=O) groups is 1. The monoisotopic (exact) mass is 414 g/mol. The third-order valence-corrected chi connectivity index (χ3v) is 6.19. The van der Waals surface area contributed by atoms with E-state index in [1.165, 1.54) is 7.11 Å². The van der Waals surface area contributed by atoms with Crippen LogP contribution in [0.25, 0.3) is 0 Å². The number of fused-ring (bicyclic) bond motifs is 3. The average molecular weight is 414 g/mol. The molecule has 0 bridgehead atoms. The molecule has 1 N–H and O–H groups in total. The Labute approximate surface area is 173 Å². The van der Waals surface area contributed by atoms with Crippen molar-refractivity contribution in [1.82, 2.24) is 0 Å². The van der Waals surface area contributed by atoms with Gasteiger partial charge in [0.25, 0.3) is 0 Å². The standard InChI is InChI=1S/C22H22O8/c1-25-16-4-10(5-17(26-2)21(16)27-3)18-11-6-14-15(30-9-29-14)7-12(11)20(23)13-8-28-22(24)19(13)18/h4-7,13,18-20,23H,8-9H2,1-3H3/t13-,18?,19?,20-/m0/s1. The van der Waals surface area contributed by atoms with E-state index in [1.807, 2.05) is 18.2 Å². The van der Waals surface area contributed by atoms with Gasteiger partial charge < -0.3 is 33.5 Å². The summed E-state index contributed by atoms with van der Waals surface area (Å²) < 4.78 is 32.9. The summed E-state index contributed by atoms with van der Waals surface area (Å²) in [6.45, 7) is 0.289. The molecule has 8 nitrogen and oxygen atoms in total. The van der Waals surface area contributed by atoms with Crippen LogP contribution in [0.5, 0.6) is 28.7 Å². The Hall–Kier alpha value is -3.13. The van der Waals surface area contributed by atoms with Gasteiger partial charge in [-0.05, 0) is 41.0 Å². The Morgan fingerprint density at radius 1 is 0.900 bits per heavy atom. The van der Waals surface area contributed by atoms with E-state index in [4.69, 9.17) is 28.4 Å². The minimum atomic E-state index is -0.843. The number of aliphatic hydroxyl groups is 1. The van der Waals surface area contributed by atoms with Gasteiger partial charge in [0, 0.05) is 11.8 Å². The summed E-state index contributed by atoms with van der Waals surface area (Å²) in [7, 11) is 4.63. The normalized spacial score (nSPS) is 25.9. The lowest BCUT2D eigenvalue weighted by atomic mass is 9.66. The maximum absolute atomic E-state index is 12.7. The number of rotatable bonds is 4. The van der Waals surface area contributed by atoms with Gasteiger partial charge in [-0.2, -0.15) is 0 Å². The Morgan fingerprint density at radius 2 is 1.53 bits per heavy atom. The smallest absolute Gasteiger partial charge is 0.310 e. The second kappa shape index (κ2) is 6.98. The zero-order valence-corrected chi connectivity index (χ0v) is 16.8. The van der Waals surface area contributed by atoms with Crippen molar-refractivity contribution in [3.8, 4) is 28.7 Å². The highest BCUT2D eigenvalue weighted by Crippen LogP contribution is 2.55. The number of cyclic esters (lactones) is 1. The zero-order valence-electron chi connectivity index (χ0n) is 16.8. The Balaban J connectivity index is 1.74. The van der Waals surface area contributed by atoms with Crippen LogP contribution in [-0.4, -0.2) is 45.8 Å². The molecule has 2 aliphatic heterocycles. The van der Waals surface area contributed by atoms with Gasteiger partial charge in [-0.3, -0.25) is 4.79 Å². The average Bonchev–Trinajstić information content (AvgIpc) is 3.38. The first-order chi connectivity index (χ1) is 14.6. The van der Waals surface area contributed by atoms with E-state index < -0.39 is 12.0 Å². The van der Waals surface area contributed by atoms with Crippen molar-refractivity contribution in [2.45, 2.75) is 12.0 Å². The highest BCUT2D eigenvalue weighted by molar-refractivity contribution is 5.79. The van der Waals surface area contributed by atoms with Crippen LogP contribution in [0, 0.1) is 11.8 Å². The van der Waals surface area contributed by atoms with Crippen LogP contribution in [0.1, 0.15) is 28.7 Å². The second-order valence-electron chi connectivity index (χ2n) is 7.54. The summed E-state index contributed by atoms with van der Waals surface area (Å²) >= 11 is 0. The fraction of sp³-hybridized carbons (Fsp3) is 0.409. The molecule has 4 atom stereocenters. The number of carbonyl (C=O) groups excluding carboxylic acids is 1. The predicted octanol–water partition coefficient (Wildman–Crippen LogP) is 2.41. The molecule has 0 spiro atoms. The molecule has 0 aromatic heterocycles. The number of benzene rings is 2. The van der Waals surface area contributed by atoms with E-state index in [0.717, 1.165) is 11.1 Å². The molecule has 2 aromatic rings. The number of ether oxygens (including phenoxy) is 6. The van der Waals surface area contributed by atoms with Crippen molar-refractivity contribution < 1.29 is 38.3 Å². The Kier molecular flexibility index (Phi) is 4.39. The van der Waals surface area contributed by atoms with Crippen molar-refractivity contribution in [3.63, 3.8) is 0 Å². The van der Waals surface area contributed by atoms with Gasteiger partial charge >= 0.3 is 5.97 Å². The molecule has 1 aliphatic carbocycles. The van der Waals surface area contributed by atoms with Crippen molar-refractivity contribution in [1.29, 1.82) is 0 Å². The fourth-order valence-electron chi connectivity index (χ4n) is 4.81. The van der Waals surface area contributed by atoms with Crippen LogP contribution < -0.4 is 23.7 Å². The molecular formula is C22H22O8. The molecule has 2 heterocycles. The summed E-state index contributed by atoms with van der Waals surface area (Å²) in [5, 5.41) is 11.0. The van der Waals surface area contributed by atoms with Crippen LogP contribution >= 0.6 is 0 Å². The summed E-state index contributed by atoms with van der Waals surface area (Å²) in [5.74, 6) is 0.989. The van der Waals surface area contributed by atoms with Crippen molar-refractivity contribution in [3.05, 3.63) is 41.0 Å². The molecule has 1 fully saturated rings. The zero-order chi connectivity index (χ0) is 21.0. The lowest BCUT2D eigenvalue weighted by Crippen LogP contribution is -2.34. The summed E-state index contributed by atoms with van der Waals surface area (Å²) in [6, 6.07) is 7.31. The third kappa shape index (κ3) is 2.60. The van der Waals surface area contributed by atoms with Crippen LogP contribution in [0.3, 0.4) is 0 Å². The van der Waals surface area contributed by atoms with Gasteiger partial charge in [0.1, 0.15) is 0 Å². The van der Waals surface area contributed by atoms with Crippen LogP contribution in [0.2, 0.25) is 0 Å². The van der Waals surface area contributed by atoms with E-state index in [9.17, 15) is 9.90 Å². The predicted molar refractivity (Wildman–Crippen MR) is 103 cm³/mol. The van der Waals surface area contributed by atoms with Crippen molar-refractivity contribution in [2.24, 2.45) is 11.8 Å². The molecule has 0 radical (unpaired) electrons. The highest BCUT2D eigenvalue weighted by Gasteiger charge is 2.52. The first-order valence-corrected chi connectivity index (χ1v) is 9.65. The van der Waals surface area contributed by atoms with E-state index in [1.54, 1.807) is 20.3 Å². The third-order valence-electron chi connectivity index (χ3n) is 6.19. The molecule has 30 heavy (non-hydrogen) atoms. The van der Waals surface area contributed by atoms with E-state index >= 15 is 0 Å². The first-order valence-electron chi connectivity index (χ1n) is 9.65. The number of aliphatic hydroxyl groups excluding tert-OH is 1. The van der Waals surface area contributed by atoms with Crippen molar-refractivity contribution in [2.75, 3.05) is 34.7 Å². The molecule has 0 saturated carbocycles. The lowest BCUT2D eigenvalue weighted by molar-refractivity contribution is -0.141. The van der Waals surface area contributed by atoms with E-state index in [-0.39, 0.29) is 31.2 Å². The number of esters is 1. The molecule has 2 unspecified atom stereocenters. The molecule has 1 saturated heterocycles. The minimum Gasteiger partial charge on any atom is -0.493 e. The van der Waals surface area contributed by atoms with E-state index in [0.29, 0.717) is 34.3 Å². The van der Waals surface area contributed by atoms with Crippen molar-refractivity contribution >= 4 is 5.97 Å². The molecular weight excluding hydrogens is 392 g/mol. The van der Waals surface area contributed by atoms with Gasteiger partial charge in [0.2, 0.25) is 12.5 Å². The van der Waals surface area contributed by atoms with Crippen LogP contribution in [0.15, 0.2) is 24.3 Å². The minimum absolute atomic E-state index is 0.123. The Morgan fingerprint density at radius 3 is 2.13 bits per heavy atom. The quantitative estimate of drug-likeness (QED) is 0.763. The molecule has 8 heteroatoms. The summed E-state index contributed by atoms with van der Waals surface area (Å²) in [6.07, 6.45) is -0.843. The highest BCUT2D eigenvalue weighted by atomic mass is 16.7. The topological polar surface area (TPSA) is 92.7 Å². The fourth-order valence-corrected chi connectivity index (χ4v) is 4.81. The maximum Gasteiger partial charge on any atom is 0.310 e. The van der Waals surface area contributed by atoms with Gasteiger partial charge in [0.05, 0.1) is 40.0 Å².